The Labute approximate surface area is 170 Å². The smallest absolute Gasteiger partial charge is 0.294 e. The fourth-order valence-electron chi connectivity index (χ4n) is 2.41. The van der Waals surface area contributed by atoms with Crippen LogP contribution >= 0.6 is 0 Å². The molecule has 30 heavy (non-hydrogen) atoms. The number of hydrazone groups is 1. The number of benzene rings is 2. The lowest BCUT2D eigenvalue weighted by Crippen LogP contribution is -2.30. The van der Waals surface area contributed by atoms with E-state index in [4.69, 9.17) is 9.11 Å². The Morgan fingerprint density at radius 3 is 1.87 bits per heavy atom. The number of aldehydes is 1. The summed E-state index contributed by atoms with van der Waals surface area (Å²) in [5.41, 5.74) is 0.0236. The maximum atomic E-state index is 12.6. The average molecular weight is 452 g/mol. The van der Waals surface area contributed by atoms with Crippen LogP contribution in [0.4, 0.5) is 11.4 Å². The number of hydrogen-bond donors (Lipinski definition) is 2. The molecule has 0 aliphatic carbocycles. The number of carbonyl (C=O) groups excluding carboxylic acids is 2. The Morgan fingerprint density at radius 2 is 1.40 bits per heavy atom. The zero-order chi connectivity index (χ0) is 22.1. The van der Waals surface area contributed by atoms with Gasteiger partial charge in [0.05, 0.1) is 21.2 Å². The highest BCUT2D eigenvalue weighted by Gasteiger charge is 2.37. The molecule has 1 heterocycles. The van der Waals surface area contributed by atoms with E-state index in [9.17, 15) is 26.4 Å². The van der Waals surface area contributed by atoms with Gasteiger partial charge in [0.25, 0.3) is 26.1 Å². The zero-order valence-corrected chi connectivity index (χ0v) is 16.4. The summed E-state index contributed by atoms with van der Waals surface area (Å²) in [4.78, 5) is 23.1. The Hall–Kier alpha value is -3.33. The van der Waals surface area contributed by atoms with Crippen LogP contribution in [0.25, 0.3) is 0 Å². The number of rotatable bonds is 6. The largest absolute Gasteiger partial charge is 0.296 e. The van der Waals surface area contributed by atoms with E-state index < -0.39 is 32.2 Å². The molecule has 0 fully saturated rings. The Balaban J connectivity index is 1.83. The Morgan fingerprint density at radius 1 is 0.900 bits per heavy atom. The molecule has 0 saturated heterocycles. The fourth-order valence-corrected chi connectivity index (χ4v) is 3.37. The molecule has 2 aromatic rings. The van der Waals surface area contributed by atoms with Gasteiger partial charge >= 0.3 is 0 Å². The van der Waals surface area contributed by atoms with Crippen molar-refractivity contribution in [2.24, 2.45) is 15.3 Å². The van der Waals surface area contributed by atoms with Gasteiger partial charge in [0.2, 0.25) is 0 Å². The lowest BCUT2D eigenvalue weighted by molar-refractivity contribution is -0.118. The van der Waals surface area contributed by atoms with E-state index in [-0.39, 0.29) is 26.9 Å². The molecule has 1 aliphatic rings. The second-order valence-electron chi connectivity index (χ2n) is 5.85. The number of carbonyl (C=O) groups is 2. The van der Waals surface area contributed by atoms with Gasteiger partial charge in [-0.2, -0.15) is 37.2 Å². The molecule has 2 N–H and O–H groups in total. The average Bonchev–Trinajstić information content (AvgIpc) is 3.01. The number of amides is 1. The van der Waals surface area contributed by atoms with Crippen molar-refractivity contribution in [3.63, 3.8) is 0 Å². The van der Waals surface area contributed by atoms with Gasteiger partial charge in [0.15, 0.2) is 12.3 Å². The van der Waals surface area contributed by atoms with Gasteiger partial charge in [0.1, 0.15) is 5.71 Å². The summed E-state index contributed by atoms with van der Waals surface area (Å²) in [7, 11) is -8.79. The lowest BCUT2D eigenvalue weighted by atomic mass is 10.2. The van der Waals surface area contributed by atoms with Crippen LogP contribution in [0.2, 0.25) is 0 Å². The number of nitrogens with zero attached hydrogens (tertiary/aromatic N) is 4. The topological polar surface area (TPSA) is 183 Å². The molecule has 1 unspecified atom stereocenters. The van der Waals surface area contributed by atoms with Crippen molar-refractivity contribution in [3.8, 4) is 0 Å². The Bertz CT molecular complexity index is 1270. The van der Waals surface area contributed by atoms with Crippen molar-refractivity contribution in [1.82, 2.24) is 0 Å². The summed E-state index contributed by atoms with van der Waals surface area (Å²) in [6, 6.07) is 7.78. The first-order valence-electron chi connectivity index (χ1n) is 7.94. The summed E-state index contributed by atoms with van der Waals surface area (Å²) in [6.07, 6.45) is 0.315. The standard InChI is InChI=1S/C16H12N4O8S2/c21-9-14-15(18-17-10-1-5-12(6-2-10)29(23,24)25)16(22)20(19-14)11-3-7-13(8-4-11)30(26,27)28/h1-9,15H,(H,23,24,25)(H,26,27,28). The monoisotopic (exact) mass is 452 g/mol. The van der Waals surface area contributed by atoms with Crippen LogP contribution in [0.15, 0.2) is 73.7 Å². The molecule has 2 aromatic carbocycles. The highest BCUT2D eigenvalue weighted by Crippen LogP contribution is 2.25. The minimum Gasteiger partial charge on any atom is -0.296 e. The number of anilines is 1. The highest BCUT2D eigenvalue weighted by molar-refractivity contribution is 7.86. The molecule has 3 rings (SSSR count). The maximum Gasteiger partial charge on any atom is 0.294 e. The molecule has 0 spiro atoms. The maximum absolute atomic E-state index is 12.6. The van der Waals surface area contributed by atoms with Crippen molar-refractivity contribution < 1.29 is 35.5 Å². The molecule has 0 aromatic heterocycles. The fraction of sp³-hybridized carbons (Fsp3) is 0.0625. The van der Waals surface area contributed by atoms with E-state index >= 15 is 0 Å². The first kappa shape index (κ1) is 21.4. The molecule has 1 atom stereocenters. The molecule has 0 bridgehead atoms. The van der Waals surface area contributed by atoms with Crippen molar-refractivity contribution in [3.05, 3.63) is 48.5 Å². The van der Waals surface area contributed by atoms with Gasteiger partial charge in [0, 0.05) is 0 Å². The van der Waals surface area contributed by atoms with Crippen molar-refractivity contribution in [2.45, 2.75) is 15.8 Å². The van der Waals surface area contributed by atoms with Crippen LogP contribution in [-0.4, -0.2) is 49.9 Å². The van der Waals surface area contributed by atoms with E-state index in [1.54, 1.807) is 0 Å². The summed E-state index contributed by atoms with van der Waals surface area (Å²) < 4.78 is 62.2. The normalized spacial score (nSPS) is 17.4. The molecule has 12 nitrogen and oxygen atoms in total. The molecule has 0 saturated carbocycles. The van der Waals surface area contributed by atoms with Crippen molar-refractivity contribution >= 4 is 49.5 Å². The van der Waals surface area contributed by atoms with E-state index in [0.29, 0.717) is 6.29 Å². The van der Waals surface area contributed by atoms with Crippen LogP contribution in [-0.2, 0) is 29.8 Å². The molecular weight excluding hydrogens is 440 g/mol. The minimum absolute atomic E-state index is 0.127. The molecule has 0 radical (unpaired) electrons. The second kappa shape index (κ2) is 7.83. The first-order valence-corrected chi connectivity index (χ1v) is 10.8. The van der Waals surface area contributed by atoms with Crippen LogP contribution in [0.3, 0.4) is 0 Å². The van der Waals surface area contributed by atoms with Crippen LogP contribution in [0.5, 0.6) is 0 Å². The van der Waals surface area contributed by atoms with Crippen LogP contribution < -0.4 is 5.01 Å². The predicted octanol–water partition coefficient (Wildman–Crippen LogP) is 1.23. The molecule has 156 valence electrons. The molecule has 14 heteroatoms. The van der Waals surface area contributed by atoms with E-state index in [1.165, 1.54) is 24.3 Å². The molecule has 1 aliphatic heterocycles. The lowest BCUT2D eigenvalue weighted by Gasteiger charge is -2.12. The quantitative estimate of drug-likeness (QED) is 0.372. The third kappa shape index (κ3) is 4.46. The van der Waals surface area contributed by atoms with Gasteiger partial charge in [-0.3, -0.25) is 18.7 Å². The third-order valence-corrected chi connectivity index (χ3v) is 5.60. The van der Waals surface area contributed by atoms with Gasteiger partial charge in [-0.1, -0.05) is 0 Å². The molecular formula is C16H12N4O8S2. The highest BCUT2D eigenvalue weighted by atomic mass is 32.2. The van der Waals surface area contributed by atoms with E-state index in [2.05, 4.69) is 15.3 Å². The van der Waals surface area contributed by atoms with Gasteiger partial charge in [-0.25, -0.2) is 0 Å². The summed E-state index contributed by atoms with van der Waals surface area (Å²) in [6.45, 7) is 0. The molecule has 1 amide bonds. The zero-order valence-electron chi connectivity index (χ0n) is 14.7. The van der Waals surface area contributed by atoms with E-state index in [0.717, 1.165) is 29.3 Å². The summed E-state index contributed by atoms with van der Waals surface area (Å²) in [5, 5.41) is 12.2. The van der Waals surface area contributed by atoms with Crippen LogP contribution in [0, 0.1) is 0 Å². The van der Waals surface area contributed by atoms with Gasteiger partial charge < -0.3 is 0 Å². The van der Waals surface area contributed by atoms with Crippen LogP contribution in [0.1, 0.15) is 0 Å². The second-order valence-corrected chi connectivity index (χ2v) is 8.69. The third-order valence-electron chi connectivity index (χ3n) is 3.86. The van der Waals surface area contributed by atoms with Gasteiger partial charge in [-0.05, 0) is 48.5 Å². The SMILES string of the molecule is O=CC1=NN(c2ccc(S(=O)(=O)O)cc2)C(=O)C1N=Nc1ccc(S(=O)(=O)O)cc1. The first-order chi connectivity index (χ1) is 14.0. The summed E-state index contributed by atoms with van der Waals surface area (Å²) in [5.74, 6) is -0.741. The van der Waals surface area contributed by atoms with Crippen molar-refractivity contribution in [2.75, 3.05) is 5.01 Å². The Kier molecular flexibility index (Phi) is 5.58. The van der Waals surface area contributed by atoms with Crippen molar-refractivity contribution in [1.29, 1.82) is 0 Å². The van der Waals surface area contributed by atoms with E-state index in [1.807, 2.05) is 0 Å². The van der Waals surface area contributed by atoms with Gasteiger partial charge in [-0.15, -0.1) is 0 Å². The predicted molar refractivity (Wildman–Crippen MR) is 102 cm³/mol. The summed E-state index contributed by atoms with van der Waals surface area (Å²) >= 11 is 0. The number of azo groups is 1. The number of hydrogen-bond acceptors (Lipinski definition) is 9. The minimum atomic E-state index is -4.42.